The molecule has 80 valence electrons. The molecule has 2 rings (SSSR count). The van der Waals surface area contributed by atoms with Crippen LogP contribution < -0.4 is 4.74 Å². The maximum Gasteiger partial charge on any atom is 0.259 e. The van der Waals surface area contributed by atoms with Gasteiger partial charge in [0.25, 0.3) is 5.91 Å². The highest BCUT2D eigenvalue weighted by atomic mass is 35.5. The van der Waals surface area contributed by atoms with Crippen LogP contribution in [0.1, 0.15) is 10.4 Å². The summed E-state index contributed by atoms with van der Waals surface area (Å²) in [4.78, 5) is 16.8. The molecule has 0 bridgehead atoms. The van der Waals surface area contributed by atoms with Crippen LogP contribution in [0.3, 0.4) is 0 Å². The number of fused-ring (bicyclic) bond motifs is 1. The molecule has 0 unspecified atom stereocenters. The maximum atomic E-state index is 13.1. The summed E-state index contributed by atoms with van der Waals surface area (Å²) >= 11 is 5.49. The lowest BCUT2D eigenvalue weighted by Gasteiger charge is -2.11. The molecule has 1 aromatic heterocycles. The molecule has 0 aromatic carbocycles. The van der Waals surface area contributed by atoms with E-state index in [1.807, 2.05) is 0 Å². The summed E-state index contributed by atoms with van der Waals surface area (Å²) in [6.07, 6.45) is 0. The summed E-state index contributed by atoms with van der Waals surface area (Å²) in [5.74, 6) is -0.941. The molecule has 0 aliphatic carbocycles. The van der Waals surface area contributed by atoms with Gasteiger partial charge < -0.3 is 9.64 Å². The monoisotopic (exact) mass is 230 g/mol. The van der Waals surface area contributed by atoms with Gasteiger partial charge in [-0.25, -0.2) is 4.39 Å². The van der Waals surface area contributed by atoms with Gasteiger partial charge in [0.2, 0.25) is 5.88 Å². The van der Waals surface area contributed by atoms with Crippen molar-refractivity contribution in [2.45, 2.75) is 0 Å². The summed E-state index contributed by atoms with van der Waals surface area (Å²) in [6.45, 7) is 0.763. The molecule has 1 aromatic rings. The Morgan fingerprint density at radius 3 is 3.13 bits per heavy atom. The molecule has 1 aliphatic rings. The van der Waals surface area contributed by atoms with Crippen molar-refractivity contribution in [3.63, 3.8) is 0 Å². The lowest BCUT2D eigenvalue weighted by Crippen LogP contribution is -2.27. The second-order valence-electron chi connectivity index (χ2n) is 3.19. The fraction of sp³-hybridized carbons (Fsp3) is 0.333. The van der Waals surface area contributed by atoms with E-state index in [9.17, 15) is 9.18 Å². The number of rotatable bonds is 0. The highest BCUT2D eigenvalue weighted by molar-refractivity contribution is 6.29. The van der Waals surface area contributed by atoms with E-state index in [0.717, 1.165) is 6.07 Å². The van der Waals surface area contributed by atoms with Crippen molar-refractivity contribution in [3.05, 3.63) is 22.6 Å². The van der Waals surface area contributed by atoms with Crippen molar-refractivity contribution >= 4 is 17.5 Å². The Hall–Kier alpha value is -1.36. The van der Waals surface area contributed by atoms with Crippen LogP contribution in [0.15, 0.2) is 6.07 Å². The topological polar surface area (TPSA) is 42.4 Å². The predicted octanol–water partition coefficient (Wildman–Crippen LogP) is 1.34. The molecule has 0 spiro atoms. The minimum atomic E-state index is -0.720. The number of carbonyl (C=O) groups excluding carboxylic acids is 1. The standard InChI is InChI=1S/C9H8ClFN2O2/c1-13-2-3-15-8-5(9(13)14)4-6(11)7(10)12-8/h4H,2-3H2,1H3. The first-order valence-electron chi connectivity index (χ1n) is 4.34. The average molecular weight is 231 g/mol. The number of hydrogen-bond acceptors (Lipinski definition) is 3. The van der Waals surface area contributed by atoms with E-state index < -0.39 is 5.82 Å². The largest absolute Gasteiger partial charge is 0.475 e. The van der Waals surface area contributed by atoms with E-state index >= 15 is 0 Å². The summed E-state index contributed by atoms with van der Waals surface area (Å²) in [6, 6.07) is 1.05. The molecule has 6 heteroatoms. The van der Waals surface area contributed by atoms with E-state index in [-0.39, 0.29) is 22.5 Å². The van der Waals surface area contributed by atoms with Gasteiger partial charge in [0.1, 0.15) is 12.2 Å². The highest BCUT2D eigenvalue weighted by Gasteiger charge is 2.23. The van der Waals surface area contributed by atoms with Crippen molar-refractivity contribution in [1.29, 1.82) is 0 Å². The molecule has 0 fully saturated rings. The minimum Gasteiger partial charge on any atom is -0.475 e. The second-order valence-corrected chi connectivity index (χ2v) is 3.55. The fourth-order valence-corrected chi connectivity index (χ4v) is 1.43. The molecule has 15 heavy (non-hydrogen) atoms. The minimum absolute atomic E-state index is 0.0933. The highest BCUT2D eigenvalue weighted by Crippen LogP contribution is 2.24. The first-order chi connectivity index (χ1) is 7.09. The van der Waals surface area contributed by atoms with Gasteiger partial charge >= 0.3 is 0 Å². The third kappa shape index (κ3) is 1.74. The van der Waals surface area contributed by atoms with Crippen LogP contribution in [0.2, 0.25) is 5.15 Å². The van der Waals surface area contributed by atoms with Gasteiger partial charge in [-0.05, 0) is 6.07 Å². The SMILES string of the molecule is CN1CCOc2nc(Cl)c(F)cc2C1=O. The molecule has 0 N–H and O–H groups in total. The van der Waals surface area contributed by atoms with E-state index in [1.165, 1.54) is 4.90 Å². The van der Waals surface area contributed by atoms with Gasteiger partial charge in [0.15, 0.2) is 11.0 Å². The van der Waals surface area contributed by atoms with Crippen LogP contribution in [0, 0.1) is 5.82 Å². The van der Waals surface area contributed by atoms with Crippen LogP contribution in [0.4, 0.5) is 4.39 Å². The number of carbonyl (C=O) groups is 1. The number of ether oxygens (including phenoxy) is 1. The molecule has 1 aliphatic heterocycles. The van der Waals surface area contributed by atoms with Crippen LogP contribution in [0.5, 0.6) is 5.88 Å². The quantitative estimate of drug-likeness (QED) is 0.632. The summed E-state index contributed by atoms with van der Waals surface area (Å²) in [7, 11) is 1.62. The summed E-state index contributed by atoms with van der Waals surface area (Å²) < 4.78 is 18.3. The molecule has 1 amide bonds. The van der Waals surface area contributed by atoms with Crippen molar-refractivity contribution < 1.29 is 13.9 Å². The van der Waals surface area contributed by atoms with Gasteiger partial charge in [-0.3, -0.25) is 4.79 Å². The average Bonchev–Trinajstić information content (AvgIpc) is 2.32. The van der Waals surface area contributed by atoms with E-state index in [4.69, 9.17) is 16.3 Å². The number of amides is 1. The van der Waals surface area contributed by atoms with Crippen molar-refractivity contribution in [2.75, 3.05) is 20.2 Å². The zero-order valence-electron chi connectivity index (χ0n) is 7.96. The van der Waals surface area contributed by atoms with Gasteiger partial charge in [-0.15, -0.1) is 0 Å². The first-order valence-corrected chi connectivity index (χ1v) is 4.71. The first kappa shape index (κ1) is 10.2. The van der Waals surface area contributed by atoms with E-state index in [0.29, 0.717) is 13.2 Å². The molecule has 0 saturated carbocycles. The molecule has 0 atom stereocenters. The number of halogens is 2. The molecular weight excluding hydrogens is 223 g/mol. The number of likely N-dealkylation sites (N-methyl/N-ethyl adjacent to an activating group) is 1. The predicted molar refractivity (Wildman–Crippen MR) is 51.7 cm³/mol. The Kier molecular flexibility index (Phi) is 2.48. The number of aromatic nitrogens is 1. The van der Waals surface area contributed by atoms with E-state index in [1.54, 1.807) is 7.05 Å². The third-order valence-electron chi connectivity index (χ3n) is 2.14. The number of nitrogens with zero attached hydrogens (tertiary/aromatic N) is 2. The Morgan fingerprint density at radius 1 is 1.67 bits per heavy atom. The lowest BCUT2D eigenvalue weighted by atomic mass is 10.2. The number of pyridine rings is 1. The second kappa shape index (κ2) is 3.66. The van der Waals surface area contributed by atoms with Crippen molar-refractivity contribution in [2.24, 2.45) is 0 Å². The summed E-state index contributed by atoms with van der Waals surface area (Å²) in [5, 5.41) is -0.286. The van der Waals surface area contributed by atoms with Gasteiger partial charge in [-0.2, -0.15) is 4.98 Å². The van der Waals surface area contributed by atoms with Gasteiger partial charge in [0.05, 0.1) is 6.54 Å². The Bertz CT molecular complexity index is 425. The Morgan fingerprint density at radius 2 is 2.40 bits per heavy atom. The zero-order chi connectivity index (χ0) is 11.0. The normalized spacial score (nSPS) is 15.7. The van der Waals surface area contributed by atoms with E-state index in [2.05, 4.69) is 4.98 Å². The van der Waals surface area contributed by atoms with Crippen molar-refractivity contribution in [1.82, 2.24) is 9.88 Å². The van der Waals surface area contributed by atoms with Gasteiger partial charge in [0, 0.05) is 7.05 Å². The Labute approximate surface area is 90.6 Å². The number of hydrogen-bond donors (Lipinski definition) is 0. The smallest absolute Gasteiger partial charge is 0.259 e. The molecular formula is C9H8ClFN2O2. The zero-order valence-corrected chi connectivity index (χ0v) is 8.71. The molecule has 2 heterocycles. The molecule has 0 saturated heterocycles. The Balaban J connectivity index is 2.54. The van der Waals surface area contributed by atoms with Crippen LogP contribution in [-0.2, 0) is 0 Å². The van der Waals surface area contributed by atoms with Crippen LogP contribution >= 0.6 is 11.6 Å². The molecule has 0 radical (unpaired) electrons. The van der Waals surface area contributed by atoms with Crippen molar-refractivity contribution in [3.8, 4) is 5.88 Å². The van der Waals surface area contributed by atoms with Crippen LogP contribution in [-0.4, -0.2) is 36.0 Å². The maximum absolute atomic E-state index is 13.1. The molecule has 4 nitrogen and oxygen atoms in total. The summed E-state index contributed by atoms with van der Waals surface area (Å²) in [5.41, 5.74) is 0.108. The lowest BCUT2D eigenvalue weighted by molar-refractivity contribution is 0.0796. The van der Waals surface area contributed by atoms with Gasteiger partial charge in [-0.1, -0.05) is 11.6 Å². The fourth-order valence-electron chi connectivity index (χ4n) is 1.30. The van der Waals surface area contributed by atoms with Crippen LogP contribution in [0.25, 0.3) is 0 Å². The third-order valence-corrected chi connectivity index (χ3v) is 2.41.